The standard InChI is InChI=1S/C25H25FN2O4S/c26-22-11-13-23(14-12-22)33(31,32)28-17-15-19-7-9-20(10-8-19)24(5-1-2-6-25(29)30)21-4-3-16-27-18-21/h3-5,7-14,16,18,28H,1-2,6,15,17H2,(H,29,30)/b24-5-. The number of unbranched alkanes of at least 4 members (excludes halogenated alkanes) is 1. The van der Waals surface area contributed by atoms with E-state index in [0.717, 1.165) is 34.4 Å². The number of halogens is 1. The van der Waals surface area contributed by atoms with E-state index in [0.29, 0.717) is 19.3 Å². The molecule has 2 N–H and O–H groups in total. The molecule has 0 fully saturated rings. The summed E-state index contributed by atoms with van der Waals surface area (Å²) < 4.78 is 40.2. The second kappa shape index (κ2) is 11.5. The Bertz CT molecular complexity index is 1190. The van der Waals surface area contributed by atoms with Crippen LogP contribution in [0.4, 0.5) is 4.39 Å². The fourth-order valence-corrected chi connectivity index (χ4v) is 4.33. The minimum absolute atomic E-state index is 0.0217. The van der Waals surface area contributed by atoms with Crippen LogP contribution in [0.2, 0.25) is 0 Å². The van der Waals surface area contributed by atoms with Crippen LogP contribution in [0.3, 0.4) is 0 Å². The monoisotopic (exact) mass is 468 g/mol. The third kappa shape index (κ3) is 7.34. The second-order valence-corrected chi connectivity index (χ2v) is 9.21. The van der Waals surface area contributed by atoms with Crippen LogP contribution >= 0.6 is 0 Å². The molecule has 0 aliphatic rings. The molecule has 1 heterocycles. The maximum absolute atomic E-state index is 13.0. The SMILES string of the molecule is O=C(O)CCC/C=C(/c1ccc(CCNS(=O)(=O)c2ccc(F)cc2)cc1)c1cccnc1. The Balaban J connectivity index is 1.65. The summed E-state index contributed by atoms with van der Waals surface area (Å²) in [5.74, 6) is -1.30. The van der Waals surface area contributed by atoms with Gasteiger partial charge < -0.3 is 5.11 Å². The van der Waals surface area contributed by atoms with Gasteiger partial charge in [0.2, 0.25) is 10.0 Å². The molecule has 0 amide bonds. The topological polar surface area (TPSA) is 96.4 Å². The van der Waals surface area contributed by atoms with Gasteiger partial charge in [-0.15, -0.1) is 0 Å². The molecule has 0 radical (unpaired) electrons. The molecule has 6 nitrogen and oxygen atoms in total. The van der Waals surface area contributed by atoms with Crippen molar-refractivity contribution in [2.75, 3.05) is 6.54 Å². The zero-order valence-electron chi connectivity index (χ0n) is 17.9. The zero-order valence-corrected chi connectivity index (χ0v) is 18.8. The van der Waals surface area contributed by atoms with E-state index < -0.39 is 21.8 Å². The summed E-state index contributed by atoms with van der Waals surface area (Å²) in [6.45, 7) is 0.208. The summed E-state index contributed by atoms with van der Waals surface area (Å²) in [6.07, 6.45) is 7.26. The Labute approximate surface area is 192 Å². The second-order valence-electron chi connectivity index (χ2n) is 7.44. The van der Waals surface area contributed by atoms with Crippen molar-refractivity contribution >= 4 is 21.6 Å². The van der Waals surface area contributed by atoms with Gasteiger partial charge in [-0.2, -0.15) is 0 Å². The van der Waals surface area contributed by atoms with E-state index in [4.69, 9.17) is 5.11 Å². The predicted octanol–water partition coefficient (Wildman–Crippen LogP) is 4.43. The van der Waals surface area contributed by atoms with Crippen molar-refractivity contribution in [1.82, 2.24) is 9.71 Å². The van der Waals surface area contributed by atoms with Gasteiger partial charge in [-0.25, -0.2) is 17.5 Å². The fourth-order valence-electron chi connectivity index (χ4n) is 3.30. The molecule has 33 heavy (non-hydrogen) atoms. The van der Waals surface area contributed by atoms with Gasteiger partial charge in [0.05, 0.1) is 4.90 Å². The van der Waals surface area contributed by atoms with Crippen molar-refractivity contribution in [1.29, 1.82) is 0 Å². The summed E-state index contributed by atoms with van der Waals surface area (Å²) in [6, 6.07) is 16.3. The van der Waals surface area contributed by atoms with E-state index in [1.165, 1.54) is 12.1 Å². The first kappa shape index (κ1) is 24.3. The molecule has 0 atom stereocenters. The molecule has 0 aliphatic heterocycles. The van der Waals surface area contributed by atoms with E-state index in [1.54, 1.807) is 12.4 Å². The molecule has 0 saturated carbocycles. The van der Waals surface area contributed by atoms with Crippen LogP contribution < -0.4 is 4.72 Å². The molecule has 0 saturated heterocycles. The molecule has 0 spiro atoms. The van der Waals surface area contributed by atoms with Gasteiger partial charge in [0, 0.05) is 30.9 Å². The van der Waals surface area contributed by atoms with Gasteiger partial charge in [-0.3, -0.25) is 9.78 Å². The molecule has 0 bridgehead atoms. The van der Waals surface area contributed by atoms with Crippen LogP contribution in [0.1, 0.15) is 36.0 Å². The number of hydrogen-bond acceptors (Lipinski definition) is 4. The van der Waals surface area contributed by atoms with Gasteiger partial charge in [-0.1, -0.05) is 36.4 Å². The lowest BCUT2D eigenvalue weighted by molar-refractivity contribution is -0.137. The average Bonchev–Trinajstić information content (AvgIpc) is 2.80. The first-order valence-corrected chi connectivity index (χ1v) is 12.0. The first-order valence-electron chi connectivity index (χ1n) is 10.5. The Hall–Kier alpha value is -3.36. The number of allylic oxidation sites excluding steroid dienone is 1. The normalized spacial score (nSPS) is 12.0. The molecule has 172 valence electrons. The molecule has 2 aromatic carbocycles. The van der Waals surface area contributed by atoms with Crippen LogP contribution in [-0.2, 0) is 21.2 Å². The zero-order chi connectivity index (χ0) is 23.7. The van der Waals surface area contributed by atoms with E-state index in [-0.39, 0.29) is 17.9 Å². The Kier molecular flexibility index (Phi) is 8.46. The van der Waals surface area contributed by atoms with Crippen LogP contribution in [0.15, 0.2) is 84.0 Å². The van der Waals surface area contributed by atoms with Gasteiger partial charge >= 0.3 is 5.97 Å². The highest BCUT2D eigenvalue weighted by Crippen LogP contribution is 2.24. The summed E-state index contributed by atoms with van der Waals surface area (Å²) >= 11 is 0. The third-order valence-electron chi connectivity index (χ3n) is 5.01. The highest BCUT2D eigenvalue weighted by Gasteiger charge is 2.13. The van der Waals surface area contributed by atoms with Gasteiger partial charge in [0.15, 0.2) is 0 Å². The number of carbonyl (C=O) groups is 1. The predicted molar refractivity (Wildman–Crippen MR) is 125 cm³/mol. The van der Waals surface area contributed by atoms with Gasteiger partial charge in [0.25, 0.3) is 0 Å². The largest absolute Gasteiger partial charge is 0.481 e. The Morgan fingerprint density at radius 2 is 1.76 bits per heavy atom. The van der Waals surface area contributed by atoms with E-state index in [1.807, 2.05) is 42.5 Å². The van der Waals surface area contributed by atoms with Gasteiger partial charge in [0.1, 0.15) is 5.82 Å². The molecule has 0 aliphatic carbocycles. The molecule has 3 rings (SSSR count). The number of hydrogen-bond donors (Lipinski definition) is 2. The van der Waals surface area contributed by atoms with Crippen molar-refractivity contribution in [2.24, 2.45) is 0 Å². The van der Waals surface area contributed by atoms with Crippen LogP contribution in [0, 0.1) is 5.82 Å². The maximum atomic E-state index is 13.0. The summed E-state index contributed by atoms with van der Waals surface area (Å²) in [7, 11) is -3.70. The smallest absolute Gasteiger partial charge is 0.303 e. The molecular weight excluding hydrogens is 443 g/mol. The Morgan fingerprint density at radius 1 is 1.03 bits per heavy atom. The minimum atomic E-state index is -3.70. The highest BCUT2D eigenvalue weighted by atomic mass is 32.2. The van der Waals surface area contributed by atoms with E-state index in [2.05, 4.69) is 9.71 Å². The molecule has 1 aromatic heterocycles. The van der Waals surface area contributed by atoms with Crippen molar-refractivity contribution in [2.45, 2.75) is 30.6 Å². The number of benzene rings is 2. The fraction of sp³-hybridized carbons (Fsp3) is 0.200. The van der Waals surface area contributed by atoms with E-state index in [9.17, 15) is 17.6 Å². The molecular formula is C25H25FN2O4S. The first-order chi connectivity index (χ1) is 15.8. The van der Waals surface area contributed by atoms with E-state index >= 15 is 0 Å². The minimum Gasteiger partial charge on any atom is -0.481 e. The summed E-state index contributed by atoms with van der Waals surface area (Å²) in [4.78, 5) is 15.0. The van der Waals surface area contributed by atoms with Crippen LogP contribution in [-0.4, -0.2) is 31.0 Å². The van der Waals surface area contributed by atoms with Gasteiger partial charge in [-0.05, 0) is 66.3 Å². The maximum Gasteiger partial charge on any atom is 0.303 e. The molecule has 0 unspecified atom stereocenters. The van der Waals surface area contributed by atoms with Crippen molar-refractivity contribution in [3.05, 3.63) is 102 Å². The Morgan fingerprint density at radius 3 is 2.39 bits per heavy atom. The number of rotatable bonds is 11. The lowest BCUT2D eigenvalue weighted by Gasteiger charge is -2.10. The average molecular weight is 469 g/mol. The van der Waals surface area contributed by atoms with Crippen LogP contribution in [0.25, 0.3) is 5.57 Å². The van der Waals surface area contributed by atoms with Crippen molar-refractivity contribution < 1.29 is 22.7 Å². The number of aromatic nitrogens is 1. The number of sulfonamides is 1. The number of pyridine rings is 1. The van der Waals surface area contributed by atoms with Crippen molar-refractivity contribution in [3.8, 4) is 0 Å². The van der Waals surface area contributed by atoms with Crippen molar-refractivity contribution in [3.63, 3.8) is 0 Å². The molecule has 3 aromatic rings. The van der Waals surface area contributed by atoms with Crippen LogP contribution in [0.5, 0.6) is 0 Å². The lowest BCUT2D eigenvalue weighted by atomic mass is 9.96. The third-order valence-corrected chi connectivity index (χ3v) is 6.49. The number of carboxylic acid groups (broad SMARTS) is 1. The molecule has 8 heteroatoms. The number of aliphatic carboxylic acids is 1. The number of carboxylic acids is 1. The lowest BCUT2D eigenvalue weighted by Crippen LogP contribution is -2.26. The summed E-state index contributed by atoms with van der Waals surface area (Å²) in [5, 5.41) is 8.85. The quantitative estimate of drug-likeness (QED) is 0.406. The number of nitrogens with zero attached hydrogens (tertiary/aromatic N) is 1. The number of nitrogens with one attached hydrogen (secondary N) is 1. The highest BCUT2D eigenvalue weighted by molar-refractivity contribution is 7.89. The summed E-state index contributed by atoms with van der Waals surface area (Å²) in [5.41, 5.74) is 3.83.